The van der Waals surface area contributed by atoms with Crippen molar-refractivity contribution in [3.8, 4) is 5.75 Å². The van der Waals surface area contributed by atoms with E-state index in [4.69, 9.17) is 14.6 Å². The first-order chi connectivity index (χ1) is 17.1. The van der Waals surface area contributed by atoms with E-state index in [1.54, 1.807) is 0 Å². The average Bonchev–Trinajstić information content (AvgIpc) is 2.86. The molecular formula is C25H27F3N4O4. The Morgan fingerprint density at radius 1 is 1.22 bits per heavy atom. The van der Waals surface area contributed by atoms with Gasteiger partial charge in [-0.2, -0.15) is 18.3 Å². The Morgan fingerprint density at radius 2 is 1.94 bits per heavy atom. The monoisotopic (exact) mass is 504 g/mol. The summed E-state index contributed by atoms with van der Waals surface area (Å²) in [4.78, 5) is 23.1. The summed E-state index contributed by atoms with van der Waals surface area (Å²) in [5, 5.41) is 15.0. The van der Waals surface area contributed by atoms with Crippen LogP contribution in [0.5, 0.6) is 5.75 Å². The fraction of sp³-hybridized carbons (Fsp3) is 0.400. The van der Waals surface area contributed by atoms with Crippen molar-refractivity contribution in [3.05, 3.63) is 59.7 Å². The van der Waals surface area contributed by atoms with Gasteiger partial charge in [0, 0.05) is 6.04 Å². The van der Waals surface area contributed by atoms with Crippen molar-refractivity contribution in [1.82, 2.24) is 10.7 Å². The number of nitrogens with zero attached hydrogens (tertiary/aromatic N) is 2. The average molecular weight is 505 g/mol. The Bertz CT molecular complexity index is 1140. The number of aliphatic carboxylic acids is 1. The van der Waals surface area contributed by atoms with Gasteiger partial charge >= 0.3 is 12.1 Å². The van der Waals surface area contributed by atoms with Gasteiger partial charge in [0.25, 0.3) is 5.91 Å². The van der Waals surface area contributed by atoms with Crippen LogP contribution < -0.4 is 20.4 Å². The lowest BCUT2D eigenvalue weighted by Crippen LogP contribution is -2.55. The molecule has 8 nitrogen and oxygen atoms in total. The summed E-state index contributed by atoms with van der Waals surface area (Å²) < 4.78 is 37.6. The van der Waals surface area contributed by atoms with Gasteiger partial charge in [0.15, 0.2) is 5.84 Å². The summed E-state index contributed by atoms with van der Waals surface area (Å²) in [6, 6.07) is 17.3. The van der Waals surface area contributed by atoms with E-state index in [-0.39, 0.29) is 11.9 Å². The molecule has 3 N–H and O–H groups in total. The first-order valence-electron chi connectivity index (χ1n) is 11.6. The number of piperidine rings is 1. The normalized spacial score (nSPS) is 23.1. The number of amides is 1. The zero-order valence-electron chi connectivity index (χ0n) is 19.6. The number of ether oxygens (including phenoxy) is 1. The summed E-state index contributed by atoms with van der Waals surface area (Å²) in [5.74, 6) is -0.770. The number of nitrogens with one attached hydrogen (secondary N) is 2. The van der Waals surface area contributed by atoms with Gasteiger partial charge in [-0.15, -0.1) is 0 Å². The van der Waals surface area contributed by atoms with Crippen molar-refractivity contribution in [2.45, 2.75) is 50.4 Å². The van der Waals surface area contributed by atoms with Crippen LogP contribution in [0.3, 0.4) is 0 Å². The van der Waals surface area contributed by atoms with Crippen LogP contribution in [0.2, 0.25) is 0 Å². The highest BCUT2D eigenvalue weighted by Gasteiger charge is 2.38. The molecule has 0 saturated carbocycles. The first kappa shape index (κ1) is 25.5. The number of carbonyl (C=O) groups excluding carboxylic acids is 1. The zero-order chi connectivity index (χ0) is 25.9. The van der Waals surface area contributed by atoms with E-state index >= 15 is 0 Å². The number of carboxylic acids is 1. The van der Waals surface area contributed by atoms with Gasteiger partial charge in [-0.05, 0) is 61.9 Å². The predicted octanol–water partition coefficient (Wildman–Crippen LogP) is 3.43. The third-order valence-electron chi connectivity index (χ3n) is 6.47. The Morgan fingerprint density at radius 3 is 2.64 bits per heavy atom. The second kappa shape index (κ2) is 10.6. The molecule has 11 heteroatoms. The maximum Gasteiger partial charge on any atom is 0.490 e. The summed E-state index contributed by atoms with van der Waals surface area (Å²) in [6.07, 6.45) is -1.82. The van der Waals surface area contributed by atoms with Crippen LogP contribution in [-0.2, 0) is 16.0 Å². The highest BCUT2D eigenvalue weighted by atomic mass is 19.4. The largest absolute Gasteiger partial charge is 0.490 e. The molecule has 1 amide bonds. The van der Waals surface area contributed by atoms with E-state index in [1.165, 1.54) is 11.1 Å². The van der Waals surface area contributed by atoms with E-state index in [0.29, 0.717) is 18.6 Å². The van der Waals surface area contributed by atoms with Crippen LogP contribution in [0.15, 0.2) is 53.6 Å². The smallest absolute Gasteiger partial charge is 0.483 e. The molecule has 0 aromatic heterocycles. The molecule has 36 heavy (non-hydrogen) atoms. The minimum Gasteiger partial charge on any atom is -0.483 e. The van der Waals surface area contributed by atoms with Crippen LogP contribution in [0.1, 0.15) is 36.8 Å². The van der Waals surface area contributed by atoms with Crippen LogP contribution in [0.4, 0.5) is 18.9 Å². The quantitative estimate of drug-likeness (QED) is 0.592. The summed E-state index contributed by atoms with van der Waals surface area (Å²) >= 11 is 0. The van der Waals surface area contributed by atoms with Gasteiger partial charge in [-0.1, -0.05) is 36.4 Å². The van der Waals surface area contributed by atoms with E-state index in [1.807, 2.05) is 11.8 Å². The molecule has 3 aliphatic rings. The number of carbonyl (C=O) groups is 2. The molecule has 3 heterocycles. The standard InChI is InChI=1S/C23H26N4O2.C2HF3O2/c1-15-23(28)26-25-22-14-29-21-8-7-17(13-20(21)27(15)22)18-9-10-24-19(12-18)11-16-5-3-2-4-6-16;3-2(4,5)1(6)7/h2-8,13,15,18-19,24H,9-12,14H2,1H3,(H,26,28);(H,6,7)/t15-,18-,19-;/m1./s1. The number of carboxylic acid groups (broad SMARTS) is 1. The Labute approximate surface area is 206 Å². The van der Waals surface area contributed by atoms with Crippen LogP contribution >= 0.6 is 0 Å². The van der Waals surface area contributed by atoms with Gasteiger partial charge in [0.2, 0.25) is 0 Å². The number of hydrogen-bond donors (Lipinski definition) is 3. The second-order valence-corrected chi connectivity index (χ2v) is 8.93. The van der Waals surface area contributed by atoms with E-state index in [2.05, 4.69) is 64.4 Å². The summed E-state index contributed by atoms with van der Waals surface area (Å²) in [6.45, 7) is 3.31. The van der Waals surface area contributed by atoms with E-state index < -0.39 is 12.1 Å². The lowest BCUT2D eigenvalue weighted by atomic mass is 9.84. The molecule has 0 bridgehead atoms. The van der Waals surface area contributed by atoms with Gasteiger partial charge in [0.1, 0.15) is 18.4 Å². The topological polar surface area (TPSA) is 103 Å². The highest BCUT2D eigenvalue weighted by molar-refractivity contribution is 6.09. The molecule has 1 fully saturated rings. The molecule has 192 valence electrons. The lowest BCUT2D eigenvalue weighted by molar-refractivity contribution is -0.192. The third kappa shape index (κ3) is 5.78. The highest BCUT2D eigenvalue weighted by Crippen LogP contribution is 2.39. The molecule has 2 aromatic carbocycles. The minimum absolute atomic E-state index is 0.0863. The number of hydrogen-bond acceptors (Lipinski definition) is 6. The number of anilines is 1. The molecule has 0 aliphatic carbocycles. The Balaban J connectivity index is 0.000000384. The molecule has 5 rings (SSSR count). The second-order valence-electron chi connectivity index (χ2n) is 8.93. The molecule has 3 aliphatic heterocycles. The third-order valence-corrected chi connectivity index (χ3v) is 6.47. The van der Waals surface area contributed by atoms with Crippen molar-refractivity contribution >= 4 is 23.4 Å². The van der Waals surface area contributed by atoms with Crippen molar-refractivity contribution in [3.63, 3.8) is 0 Å². The molecule has 0 unspecified atom stereocenters. The van der Waals surface area contributed by atoms with Crippen molar-refractivity contribution in [1.29, 1.82) is 0 Å². The van der Waals surface area contributed by atoms with Gasteiger partial charge < -0.3 is 20.1 Å². The van der Waals surface area contributed by atoms with Gasteiger partial charge in [0.05, 0.1) is 5.69 Å². The molecule has 0 radical (unpaired) electrons. The number of amidine groups is 1. The predicted molar refractivity (Wildman–Crippen MR) is 127 cm³/mol. The zero-order valence-corrected chi connectivity index (χ0v) is 19.6. The van der Waals surface area contributed by atoms with E-state index in [0.717, 1.165) is 43.1 Å². The lowest BCUT2D eigenvalue weighted by Gasteiger charge is -2.39. The Kier molecular flexibility index (Phi) is 7.48. The number of fused-ring (bicyclic) bond motifs is 3. The Hall–Kier alpha value is -3.60. The number of halogens is 3. The molecular weight excluding hydrogens is 477 g/mol. The SMILES string of the molecule is C[C@@H]1C(=O)NN=C2COc3ccc([C@@H]4CCN[C@H](Cc5ccccc5)C4)cc3N21.O=C(O)C(F)(F)F. The molecule has 1 saturated heterocycles. The fourth-order valence-corrected chi connectivity index (χ4v) is 4.66. The summed E-state index contributed by atoms with van der Waals surface area (Å²) in [7, 11) is 0. The number of rotatable bonds is 3. The van der Waals surface area contributed by atoms with Crippen molar-refractivity contribution in [2.75, 3.05) is 18.1 Å². The maximum atomic E-state index is 12.2. The minimum atomic E-state index is -5.08. The number of hydrazone groups is 1. The number of alkyl halides is 3. The first-order valence-corrected chi connectivity index (χ1v) is 11.6. The van der Waals surface area contributed by atoms with Crippen LogP contribution in [-0.4, -0.2) is 54.2 Å². The van der Waals surface area contributed by atoms with Crippen molar-refractivity contribution in [2.24, 2.45) is 5.10 Å². The van der Waals surface area contributed by atoms with Crippen LogP contribution in [0, 0.1) is 0 Å². The van der Waals surface area contributed by atoms with E-state index in [9.17, 15) is 18.0 Å². The molecule has 3 atom stereocenters. The summed E-state index contributed by atoms with van der Waals surface area (Å²) in [5.41, 5.74) is 6.22. The fourth-order valence-electron chi connectivity index (χ4n) is 4.66. The number of benzene rings is 2. The van der Waals surface area contributed by atoms with Crippen LogP contribution in [0.25, 0.3) is 0 Å². The molecule has 2 aromatic rings. The van der Waals surface area contributed by atoms with Gasteiger partial charge in [-0.3, -0.25) is 4.79 Å². The van der Waals surface area contributed by atoms with Gasteiger partial charge in [-0.25, -0.2) is 10.2 Å². The van der Waals surface area contributed by atoms with Crippen molar-refractivity contribution < 1.29 is 32.6 Å². The molecule has 0 spiro atoms. The maximum absolute atomic E-state index is 12.2.